The molecule has 35 heavy (non-hydrogen) atoms. The number of amides is 2. The van der Waals surface area contributed by atoms with Crippen LogP contribution in [0.4, 0.5) is 11.4 Å². The second-order valence-corrected chi connectivity index (χ2v) is 10.2. The van der Waals surface area contributed by atoms with Crippen molar-refractivity contribution in [3.63, 3.8) is 0 Å². The molecule has 0 aromatic heterocycles. The molecule has 1 saturated heterocycles. The summed E-state index contributed by atoms with van der Waals surface area (Å²) in [6, 6.07) is 19.7. The van der Waals surface area contributed by atoms with E-state index < -0.39 is 10.1 Å². The molecule has 2 amide bonds. The second kappa shape index (κ2) is 10.2. The van der Waals surface area contributed by atoms with Crippen molar-refractivity contribution in [2.45, 2.75) is 18.7 Å². The molecule has 1 aliphatic heterocycles. The molecule has 3 aromatic carbocycles. The van der Waals surface area contributed by atoms with Crippen LogP contribution in [0.5, 0.6) is 5.75 Å². The predicted molar refractivity (Wildman–Crippen MR) is 137 cm³/mol. The van der Waals surface area contributed by atoms with Crippen molar-refractivity contribution in [1.82, 2.24) is 5.32 Å². The van der Waals surface area contributed by atoms with E-state index in [4.69, 9.17) is 4.18 Å². The van der Waals surface area contributed by atoms with Gasteiger partial charge >= 0.3 is 10.1 Å². The van der Waals surface area contributed by atoms with E-state index in [0.717, 1.165) is 17.3 Å². The SMILES string of the molecule is CC(=O)Nc1ccc(S(=O)(=O)Oc2ccccc2/C=C2\SC(=Nc3ccc(C)cc3)NC2=O)cc1. The van der Waals surface area contributed by atoms with Crippen molar-refractivity contribution in [3.8, 4) is 5.75 Å². The van der Waals surface area contributed by atoms with E-state index in [1.54, 1.807) is 24.3 Å². The zero-order chi connectivity index (χ0) is 25.0. The lowest BCUT2D eigenvalue weighted by atomic mass is 10.2. The van der Waals surface area contributed by atoms with E-state index in [1.807, 2.05) is 31.2 Å². The lowest BCUT2D eigenvalue weighted by Gasteiger charge is -2.10. The molecule has 0 atom stereocenters. The molecule has 1 heterocycles. The highest BCUT2D eigenvalue weighted by Gasteiger charge is 2.25. The number of hydrogen-bond acceptors (Lipinski definition) is 7. The smallest absolute Gasteiger partial charge is 0.339 e. The number of para-hydroxylation sites is 1. The Labute approximate surface area is 207 Å². The quantitative estimate of drug-likeness (QED) is 0.372. The van der Waals surface area contributed by atoms with E-state index in [0.29, 0.717) is 27.0 Å². The summed E-state index contributed by atoms with van der Waals surface area (Å²) in [7, 11) is -4.16. The first-order chi connectivity index (χ1) is 16.7. The standard InChI is InChI=1S/C25H21N3O5S2/c1-16-7-9-20(10-8-16)27-25-28-24(30)23(34-25)15-18-5-3-4-6-22(18)33-35(31,32)21-13-11-19(12-14-21)26-17(2)29/h3-15H,1-2H3,(H,26,29)(H,27,28,30)/b23-15-. The van der Waals surface area contributed by atoms with Gasteiger partial charge in [-0.3, -0.25) is 9.59 Å². The van der Waals surface area contributed by atoms with Gasteiger partial charge in [-0.2, -0.15) is 8.42 Å². The number of aryl methyl sites for hydroxylation is 1. The first-order valence-electron chi connectivity index (χ1n) is 10.5. The van der Waals surface area contributed by atoms with Crippen LogP contribution >= 0.6 is 11.8 Å². The average Bonchev–Trinajstić information content (AvgIpc) is 3.15. The van der Waals surface area contributed by atoms with E-state index in [9.17, 15) is 18.0 Å². The average molecular weight is 508 g/mol. The predicted octanol–water partition coefficient (Wildman–Crippen LogP) is 4.61. The van der Waals surface area contributed by atoms with Crippen LogP contribution in [0.25, 0.3) is 6.08 Å². The molecule has 10 heteroatoms. The zero-order valence-corrected chi connectivity index (χ0v) is 20.4. The molecule has 8 nitrogen and oxygen atoms in total. The first-order valence-corrected chi connectivity index (χ1v) is 12.7. The van der Waals surface area contributed by atoms with Crippen molar-refractivity contribution < 1.29 is 22.2 Å². The Morgan fingerprint density at radius 1 is 1.03 bits per heavy atom. The molecular weight excluding hydrogens is 486 g/mol. The summed E-state index contributed by atoms with van der Waals surface area (Å²) in [5, 5.41) is 5.72. The van der Waals surface area contributed by atoms with Crippen molar-refractivity contribution in [1.29, 1.82) is 0 Å². The minimum absolute atomic E-state index is 0.0725. The van der Waals surface area contributed by atoms with E-state index in [1.165, 1.54) is 37.3 Å². The fourth-order valence-corrected chi connectivity index (χ4v) is 4.89. The van der Waals surface area contributed by atoms with Crippen LogP contribution in [0.2, 0.25) is 0 Å². The van der Waals surface area contributed by atoms with Gasteiger partial charge in [-0.05, 0) is 67.2 Å². The third-order valence-electron chi connectivity index (χ3n) is 4.78. The third-order valence-corrected chi connectivity index (χ3v) is 6.94. The first kappa shape index (κ1) is 24.2. The molecule has 0 spiro atoms. The maximum Gasteiger partial charge on any atom is 0.339 e. The summed E-state index contributed by atoms with van der Waals surface area (Å²) in [6.07, 6.45) is 1.56. The normalized spacial score (nSPS) is 15.8. The second-order valence-electron chi connectivity index (χ2n) is 7.60. The highest BCUT2D eigenvalue weighted by Crippen LogP contribution is 2.32. The van der Waals surface area contributed by atoms with Crippen LogP contribution < -0.4 is 14.8 Å². The van der Waals surface area contributed by atoms with Gasteiger partial charge in [0.15, 0.2) is 5.17 Å². The summed E-state index contributed by atoms with van der Waals surface area (Å²) in [6.45, 7) is 3.34. The molecule has 0 aliphatic carbocycles. The number of anilines is 1. The summed E-state index contributed by atoms with van der Waals surface area (Å²) in [4.78, 5) is 28.4. The molecule has 178 valence electrons. The Morgan fingerprint density at radius 3 is 2.40 bits per heavy atom. The van der Waals surface area contributed by atoms with Gasteiger partial charge in [-0.1, -0.05) is 35.9 Å². The van der Waals surface area contributed by atoms with Crippen molar-refractivity contribution >= 4 is 56.3 Å². The summed E-state index contributed by atoms with van der Waals surface area (Å²) < 4.78 is 31.1. The number of carbonyl (C=O) groups is 2. The Kier molecular flexibility index (Phi) is 7.04. The Morgan fingerprint density at radius 2 is 1.71 bits per heavy atom. The van der Waals surface area contributed by atoms with E-state index in [-0.39, 0.29) is 22.5 Å². The van der Waals surface area contributed by atoms with Gasteiger partial charge in [0.2, 0.25) is 5.91 Å². The van der Waals surface area contributed by atoms with E-state index >= 15 is 0 Å². The largest absolute Gasteiger partial charge is 0.378 e. The van der Waals surface area contributed by atoms with Gasteiger partial charge < -0.3 is 14.8 Å². The maximum atomic E-state index is 12.8. The monoisotopic (exact) mass is 507 g/mol. The number of aliphatic imine (C=N–C) groups is 1. The van der Waals surface area contributed by atoms with Gasteiger partial charge in [0.05, 0.1) is 10.6 Å². The van der Waals surface area contributed by atoms with Crippen molar-refractivity contribution in [2.24, 2.45) is 4.99 Å². The number of carbonyl (C=O) groups excluding carboxylic acids is 2. The van der Waals surface area contributed by atoms with Crippen LogP contribution in [-0.4, -0.2) is 25.4 Å². The van der Waals surface area contributed by atoms with Crippen LogP contribution in [0, 0.1) is 6.92 Å². The molecule has 2 N–H and O–H groups in total. The number of amidine groups is 1. The van der Waals surface area contributed by atoms with Crippen molar-refractivity contribution in [2.75, 3.05) is 5.32 Å². The Hall–Kier alpha value is -3.89. The Balaban J connectivity index is 1.55. The third kappa shape index (κ3) is 6.17. The highest BCUT2D eigenvalue weighted by atomic mass is 32.2. The van der Waals surface area contributed by atoms with Gasteiger partial charge in [0.1, 0.15) is 10.6 Å². The van der Waals surface area contributed by atoms with Crippen LogP contribution in [0.15, 0.2) is 87.6 Å². The fraction of sp³-hybridized carbons (Fsp3) is 0.0800. The molecule has 3 aromatic rings. The molecule has 4 rings (SSSR count). The van der Waals surface area contributed by atoms with Crippen LogP contribution in [0.3, 0.4) is 0 Å². The van der Waals surface area contributed by atoms with Gasteiger partial charge in [-0.15, -0.1) is 0 Å². The molecule has 0 saturated carbocycles. The summed E-state index contributed by atoms with van der Waals surface area (Å²) >= 11 is 1.15. The number of nitrogens with zero attached hydrogens (tertiary/aromatic N) is 1. The molecule has 1 aliphatic rings. The van der Waals surface area contributed by atoms with Crippen molar-refractivity contribution in [3.05, 3.63) is 88.8 Å². The minimum Gasteiger partial charge on any atom is -0.378 e. The molecule has 0 unspecified atom stereocenters. The van der Waals surface area contributed by atoms with Gasteiger partial charge in [-0.25, -0.2) is 4.99 Å². The van der Waals surface area contributed by atoms with Gasteiger partial charge in [0, 0.05) is 18.2 Å². The number of nitrogens with one attached hydrogen (secondary N) is 2. The summed E-state index contributed by atoms with van der Waals surface area (Å²) in [5.41, 5.74) is 2.70. The molecule has 0 radical (unpaired) electrons. The number of rotatable bonds is 6. The molecular formula is C25H21N3O5S2. The number of thioether (sulfide) groups is 1. The molecule has 1 fully saturated rings. The van der Waals surface area contributed by atoms with Crippen LogP contribution in [-0.2, 0) is 19.7 Å². The number of benzene rings is 3. The topological polar surface area (TPSA) is 114 Å². The fourth-order valence-electron chi connectivity index (χ4n) is 3.11. The number of hydrogen-bond donors (Lipinski definition) is 2. The maximum absolute atomic E-state index is 12.8. The zero-order valence-electron chi connectivity index (χ0n) is 18.8. The molecule has 0 bridgehead atoms. The Bertz CT molecular complexity index is 1450. The van der Waals surface area contributed by atoms with Crippen LogP contribution in [0.1, 0.15) is 18.1 Å². The lowest BCUT2D eigenvalue weighted by Crippen LogP contribution is -2.19. The lowest BCUT2D eigenvalue weighted by molar-refractivity contribution is -0.115. The van der Waals surface area contributed by atoms with E-state index in [2.05, 4.69) is 15.6 Å². The van der Waals surface area contributed by atoms with Gasteiger partial charge in [0.25, 0.3) is 5.91 Å². The highest BCUT2D eigenvalue weighted by molar-refractivity contribution is 8.18. The minimum atomic E-state index is -4.16. The summed E-state index contributed by atoms with van der Waals surface area (Å²) in [5.74, 6) is -0.532.